The summed E-state index contributed by atoms with van der Waals surface area (Å²) in [5.74, 6) is 2.02. The maximum atomic E-state index is 5.47. The highest BCUT2D eigenvalue weighted by Gasteiger charge is 2.48. The summed E-state index contributed by atoms with van der Waals surface area (Å²) < 4.78 is 5.47. The van der Waals surface area contributed by atoms with Crippen molar-refractivity contribution in [3.8, 4) is 5.88 Å². The summed E-state index contributed by atoms with van der Waals surface area (Å²) in [7, 11) is 1.72. The maximum absolute atomic E-state index is 5.47. The lowest BCUT2D eigenvalue weighted by Gasteiger charge is -2.51. The Morgan fingerprint density at radius 1 is 1.00 bits per heavy atom. The number of fused-ring (bicyclic) bond motifs is 6. The van der Waals surface area contributed by atoms with Gasteiger partial charge in [-0.05, 0) is 106 Å². The fraction of sp³-hybridized carbons (Fsp3) is 0.529. The minimum Gasteiger partial charge on any atom is -0.481 e. The Balaban J connectivity index is 1.05. The van der Waals surface area contributed by atoms with Gasteiger partial charge in [0.25, 0.3) is 0 Å². The zero-order chi connectivity index (χ0) is 26.8. The summed E-state index contributed by atoms with van der Waals surface area (Å²) in [6, 6.07) is 12.9. The smallest absolute Gasteiger partial charge is 0.213 e. The maximum Gasteiger partial charge on any atom is 0.213 e. The highest BCUT2D eigenvalue weighted by molar-refractivity contribution is 5.93. The van der Waals surface area contributed by atoms with Gasteiger partial charge in [0.15, 0.2) is 0 Å². The van der Waals surface area contributed by atoms with E-state index in [1.807, 2.05) is 6.07 Å². The first-order valence-electron chi connectivity index (χ1n) is 15.2. The number of hydrogen-bond acceptors (Lipinski definition) is 5. The molecule has 0 amide bonds. The fourth-order valence-electron chi connectivity index (χ4n) is 7.80. The number of methoxy groups -OCH3 is 1. The molecule has 3 aliphatic rings. The molecule has 0 aliphatic heterocycles. The Morgan fingerprint density at radius 3 is 2.69 bits per heavy atom. The van der Waals surface area contributed by atoms with Gasteiger partial charge in [-0.2, -0.15) is 0 Å². The predicted molar refractivity (Wildman–Crippen MR) is 161 cm³/mol. The van der Waals surface area contributed by atoms with Crippen molar-refractivity contribution in [1.29, 1.82) is 0 Å². The average Bonchev–Trinajstić information content (AvgIpc) is 3.41. The van der Waals surface area contributed by atoms with E-state index in [1.165, 1.54) is 72.1 Å². The lowest BCUT2D eigenvalue weighted by atomic mass is 9.59. The quantitative estimate of drug-likeness (QED) is 0.218. The number of pyridine rings is 2. The minimum atomic E-state index is -0.0751. The first-order valence-corrected chi connectivity index (χ1v) is 15.2. The molecular formula is C34H44N4O. The second-order valence-corrected chi connectivity index (χ2v) is 12.0. The Hall–Kier alpha value is -2.92. The summed E-state index contributed by atoms with van der Waals surface area (Å²) in [5.41, 5.74) is 9.34. The Kier molecular flexibility index (Phi) is 7.61. The van der Waals surface area contributed by atoms with E-state index in [2.05, 4.69) is 60.9 Å². The SMILES string of the molecule is C/C=C1\C2Cc3nc(OC)ccc3C1(NCCCCCCNc1c3c(nc4ccccc14)CCC3)CC(C)C2. The third kappa shape index (κ3) is 4.95. The van der Waals surface area contributed by atoms with Crippen molar-refractivity contribution >= 4 is 16.6 Å². The van der Waals surface area contributed by atoms with E-state index in [0.717, 1.165) is 50.2 Å². The van der Waals surface area contributed by atoms with E-state index in [4.69, 9.17) is 14.7 Å². The molecule has 3 atom stereocenters. The van der Waals surface area contributed by atoms with Crippen LogP contribution in [0.25, 0.3) is 10.9 Å². The van der Waals surface area contributed by atoms with Gasteiger partial charge in [-0.1, -0.05) is 44.0 Å². The van der Waals surface area contributed by atoms with Gasteiger partial charge in [0.05, 0.1) is 23.9 Å². The van der Waals surface area contributed by atoms with Crippen LogP contribution in [0.5, 0.6) is 5.88 Å². The van der Waals surface area contributed by atoms with Gasteiger partial charge < -0.3 is 15.4 Å². The van der Waals surface area contributed by atoms with Gasteiger partial charge in [-0.15, -0.1) is 0 Å². The summed E-state index contributed by atoms with van der Waals surface area (Å²) in [6.45, 7) is 6.72. The number of allylic oxidation sites excluding steroid dienone is 1. The molecular weight excluding hydrogens is 480 g/mol. The third-order valence-corrected chi connectivity index (χ3v) is 9.39. The number of para-hydroxylation sites is 1. The molecule has 0 saturated heterocycles. The number of hydrogen-bond donors (Lipinski definition) is 2. The number of aryl methyl sites for hydroxylation is 1. The molecule has 2 N–H and O–H groups in total. The Morgan fingerprint density at radius 2 is 1.85 bits per heavy atom. The highest BCUT2D eigenvalue weighted by atomic mass is 16.5. The molecule has 5 nitrogen and oxygen atoms in total. The zero-order valence-corrected chi connectivity index (χ0v) is 24.0. The molecule has 2 aromatic heterocycles. The van der Waals surface area contributed by atoms with Crippen LogP contribution in [0.3, 0.4) is 0 Å². The van der Waals surface area contributed by atoms with Crippen molar-refractivity contribution in [3.63, 3.8) is 0 Å². The predicted octanol–water partition coefficient (Wildman–Crippen LogP) is 7.13. The van der Waals surface area contributed by atoms with Crippen molar-refractivity contribution < 1.29 is 4.74 Å². The van der Waals surface area contributed by atoms with Crippen LogP contribution in [0.1, 0.15) is 81.3 Å². The van der Waals surface area contributed by atoms with E-state index in [1.54, 1.807) is 12.7 Å². The van der Waals surface area contributed by atoms with Crippen LogP contribution in [-0.2, 0) is 24.8 Å². The molecule has 6 rings (SSSR count). The molecule has 3 aliphatic carbocycles. The van der Waals surface area contributed by atoms with Crippen LogP contribution < -0.4 is 15.4 Å². The molecule has 1 fully saturated rings. The molecule has 2 bridgehead atoms. The molecule has 5 heteroatoms. The average molecular weight is 525 g/mol. The molecule has 0 radical (unpaired) electrons. The van der Waals surface area contributed by atoms with Crippen LogP contribution in [0.4, 0.5) is 5.69 Å². The fourth-order valence-corrected chi connectivity index (χ4v) is 7.80. The third-order valence-electron chi connectivity index (χ3n) is 9.39. The summed E-state index contributed by atoms with van der Waals surface area (Å²) in [6.07, 6.45) is 14.2. The van der Waals surface area contributed by atoms with Gasteiger partial charge in [-0.25, -0.2) is 4.98 Å². The molecule has 3 aromatic rings. The van der Waals surface area contributed by atoms with Crippen molar-refractivity contribution in [2.24, 2.45) is 11.8 Å². The highest BCUT2D eigenvalue weighted by Crippen LogP contribution is 2.52. The standard InChI is InChI=1S/C34H44N4O/c1-4-27-24-20-23(2)22-34(27,28-16-17-32(39-3)38-31(28)21-24)36-19-10-6-5-9-18-35-33-25-12-7-8-14-29(25)37-30-15-11-13-26(30)33/h4,7-8,12,14,16-17,23-24,36H,5-6,9-11,13,15,18-22H2,1-3H3,(H,35,37)/b27-4+. The van der Waals surface area contributed by atoms with Crippen LogP contribution in [0, 0.1) is 11.8 Å². The number of nitrogens with one attached hydrogen (secondary N) is 2. The van der Waals surface area contributed by atoms with E-state index in [0.29, 0.717) is 11.8 Å². The number of nitrogens with zero attached hydrogens (tertiary/aromatic N) is 2. The first-order chi connectivity index (χ1) is 19.1. The van der Waals surface area contributed by atoms with Crippen molar-refractivity contribution in [1.82, 2.24) is 15.3 Å². The molecule has 1 aromatic carbocycles. The van der Waals surface area contributed by atoms with Crippen molar-refractivity contribution in [3.05, 3.63) is 70.6 Å². The van der Waals surface area contributed by atoms with E-state index >= 15 is 0 Å². The molecule has 206 valence electrons. The lowest BCUT2D eigenvalue weighted by molar-refractivity contribution is 0.190. The minimum absolute atomic E-state index is 0.0751. The summed E-state index contributed by atoms with van der Waals surface area (Å²) in [5, 5.41) is 9.18. The van der Waals surface area contributed by atoms with Gasteiger partial charge in [0, 0.05) is 29.4 Å². The van der Waals surface area contributed by atoms with Crippen LogP contribution in [0.2, 0.25) is 0 Å². The largest absolute Gasteiger partial charge is 0.481 e. The van der Waals surface area contributed by atoms with Crippen molar-refractivity contribution in [2.45, 2.75) is 83.6 Å². The normalized spacial score (nSPS) is 24.5. The summed E-state index contributed by atoms with van der Waals surface area (Å²) in [4.78, 5) is 9.83. The second-order valence-electron chi connectivity index (χ2n) is 12.0. The summed E-state index contributed by atoms with van der Waals surface area (Å²) >= 11 is 0. The molecule has 2 heterocycles. The molecule has 39 heavy (non-hydrogen) atoms. The lowest BCUT2D eigenvalue weighted by Crippen LogP contribution is -2.53. The van der Waals surface area contributed by atoms with E-state index in [-0.39, 0.29) is 5.54 Å². The first kappa shape index (κ1) is 26.3. The second kappa shape index (κ2) is 11.3. The van der Waals surface area contributed by atoms with Gasteiger partial charge in [0.1, 0.15) is 0 Å². The van der Waals surface area contributed by atoms with E-state index < -0.39 is 0 Å². The number of unbranched alkanes of at least 4 members (excludes halogenated alkanes) is 3. The number of aromatic nitrogens is 2. The van der Waals surface area contributed by atoms with Crippen molar-refractivity contribution in [2.75, 3.05) is 25.5 Å². The van der Waals surface area contributed by atoms with E-state index in [9.17, 15) is 0 Å². The van der Waals surface area contributed by atoms with Crippen LogP contribution in [0.15, 0.2) is 48.0 Å². The molecule has 3 unspecified atom stereocenters. The topological polar surface area (TPSA) is 59.1 Å². The van der Waals surface area contributed by atoms with Gasteiger partial charge in [-0.3, -0.25) is 4.98 Å². The van der Waals surface area contributed by atoms with Gasteiger partial charge >= 0.3 is 0 Å². The molecule has 1 saturated carbocycles. The number of benzene rings is 1. The number of rotatable bonds is 10. The monoisotopic (exact) mass is 524 g/mol. The Labute approximate surface area is 233 Å². The van der Waals surface area contributed by atoms with Crippen LogP contribution >= 0.6 is 0 Å². The number of ether oxygens (including phenoxy) is 1. The Bertz CT molecular complexity index is 1360. The molecule has 0 spiro atoms. The van der Waals surface area contributed by atoms with Gasteiger partial charge in [0.2, 0.25) is 5.88 Å². The van der Waals surface area contributed by atoms with Crippen LogP contribution in [-0.4, -0.2) is 30.2 Å². The number of anilines is 1. The zero-order valence-electron chi connectivity index (χ0n) is 24.0.